The van der Waals surface area contributed by atoms with Gasteiger partial charge in [-0.25, -0.2) is 9.78 Å². The second kappa shape index (κ2) is 15.8. The Hall–Kier alpha value is -3.86. The van der Waals surface area contributed by atoms with Crippen LogP contribution in [0.1, 0.15) is 62.5 Å². The summed E-state index contributed by atoms with van der Waals surface area (Å²) in [5.74, 6) is -0.656. The third-order valence-corrected chi connectivity index (χ3v) is 6.83. The number of nitrogens with one attached hydrogen (secondary N) is 1. The first-order valence-corrected chi connectivity index (χ1v) is 13.8. The lowest BCUT2D eigenvalue weighted by Gasteiger charge is -2.31. The van der Waals surface area contributed by atoms with Gasteiger partial charge in [0.05, 0.1) is 20.3 Å². The molecule has 2 heterocycles. The van der Waals surface area contributed by atoms with Crippen LogP contribution < -0.4 is 19.5 Å². The van der Waals surface area contributed by atoms with E-state index in [2.05, 4.69) is 10.3 Å². The highest BCUT2D eigenvalue weighted by Gasteiger charge is 2.35. The van der Waals surface area contributed by atoms with Crippen molar-refractivity contribution in [1.82, 2.24) is 10.3 Å². The smallest absolute Gasteiger partial charge is 0.329 e. The van der Waals surface area contributed by atoms with Crippen LogP contribution in [0, 0.1) is 5.92 Å². The minimum absolute atomic E-state index is 0.00821. The normalized spacial score (nSPS) is 21.0. The van der Waals surface area contributed by atoms with Gasteiger partial charge in [0, 0.05) is 25.8 Å². The van der Waals surface area contributed by atoms with Crippen molar-refractivity contribution < 1.29 is 42.8 Å². The van der Waals surface area contributed by atoms with Gasteiger partial charge in [0.1, 0.15) is 17.9 Å². The summed E-state index contributed by atoms with van der Waals surface area (Å²) in [4.78, 5) is 41.9. The Morgan fingerprint density at radius 2 is 1.85 bits per heavy atom. The standard InChI is InChI=1S/C30H40N2O9/c1-6-16-38-27-19(2)41-30(35)24(9-7-8-22(27)17-21-10-12-23(36-4)13-11-21)32-29(34)26-28(40-18-39-20(3)33)25(37-5)14-15-31-26/h10-15,19,22,24,27H,6-9,16-18H2,1-5H3,(H,32,34)/t19-,22+,24-,27-/m0/s1. The summed E-state index contributed by atoms with van der Waals surface area (Å²) in [6.07, 6.45) is 3.90. The Bertz CT molecular complexity index is 1160. The van der Waals surface area contributed by atoms with Crippen LogP contribution in [-0.4, -0.2) is 68.7 Å². The quantitative estimate of drug-likeness (QED) is 0.295. The molecule has 0 radical (unpaired) electrons. The maximum Gasteiger partial charge on any atom is 0.329 e. The molecule has 0 unspecified atom stereocenters. The van der Waals surface area contributed by atoms with Gasteiger partial charge in [-0.2, -0.15) is 0 Å². The molecule has 1 aromatic heterocycles. The van der Waals surface area contributed by atoms with Crippen molar-refractivity contribution in [3.05, 3.63) is 47.8 Å². The van der Waals surface area contributed by atoms with E-state index in [0.29, 0.717) is 19.4 Å². The SMILES string of the molecule is CCCO[C@@H]1[C@@H](Cc2ccc(OC)cc2)CCC[C@H](NC(=O)c2nccc(OC)c2OCOC(C)=O)C(=O)O[C@H]1C. The number of carbonyl (C=O) groups excluding carboxylic acids is 3. The molecule has 1 N–H and O–H groups in total. The summed E-state index contributed by atoms with van der Waals surface area (Å²) in [5.41, 5.74) is 1.02. The molecule has 4 atom stereocenters. The van der Waals surface area contributed by atoms with E-state index < -0.39 is 36.8 Å². The number of aromatic nitrogens is 1. The molecule has 0 saturated carbocycles. The number of hydrogen-bond acceptors (Lipinski definition) is 10. The van der Waals surface area contributed by atoms with E-state index in [9.17, 15) is 14.4 Å². The average Bonchev–Trinajstić information content (AvgIpc) is 3.00. The minimum atomic E-state index is -0.911. The Morgan fingerprint density at radius 3 is 2.51 bits per heavy atom. The predicted molar refractivity (Wildman–Crippen MR) is 149 cm³/mol. The molecule has 1 aliphatic heterocycles. The number of ether oxygens (including phenoxy) is 6. The van der Waals surface area contributed by atoms with Gasteiger partial charge in [-0.05, 0) is 56.2 Å². The highest BCUT2D eigenvalue weighted by Crippen LogP contribution is 2.31. The Kier molecular flexibility index (Phi) is 12.2. The second-order valence-corrected chi connectivity index (χ2v) is 9.84. The number of esters is 2. The molecule has 0 aliphatic carbocycles. The molecule has 11 heteroatoms. The maximum absolute atomic E-state index is 13.3. The molecule has 0 bridgehead atoms. The van der Waals surface area contributed by atoms with Crippen LogP contribution in [0.3, 0.4) is 0 Å². The van der Waals surface area contributed by atoms with Crippen molar-refractivity contribution in [3.63, 3.8) is 0 Å². The zero-order chi connectivity index (χ0) is 29.8. The van der Waals surface area contributed by atoms with Crippen LogP contribution in [-0.2, 0) is 30.2 Å². The summed E-state index contributed by atoms with van der Waals surface area (Å²) in [6, 6.07) is 8.52. The molecule has 1 amide bonds. The van der Waals surface area contributed by atoms with Gasteiger partial charge in [-0.3, -0.25) is 9.59 Å². The monoisotopic (exact) mass is 572 g/mol. The van der Waals surface area contributed by atoms with Crippen LogP contribution in [0.2, 0.25) is 0 Å². The molecular weight excluding hydrogens is 532 g/mol. The highest BCUT2D eigenvalue weighted by atomic mass is 16.7. The largest absolute Gasteiger partial charge is 0.497 e. The fourth-order valence-corrected chi connectivity index (χ4v) is 4.81. The van der Waals surface area contributed by atoms with Crippen LogP contribution >= 0.6 is 0 Å². The third-order valence-electron chi connectivity index (χ3n) is 6.83. The number of amides is 1. The van der Waals surface area contributed by atoms with Gasteiger partial charge in [0.2, 0.25) is 6.79 Å². The summed E-state index contributed by atoms with van der Waals surface area (Å²) < 4.78 is 33.0. The molecule has 1 saturated heterocycles. The number of methoxy groups -OCH3 is 2. The molecule has 1 fully saturated rings. The van der Waals surface area contributed by atoms with E-state index in [1.165, 1.54) is 26.3 Å². The van der Waals surface area contributed by atoms with Gasteiger partial charge >= 0.3 is 11.9 Å². The van der Waals surface area contributed by atoms with Gasteiger partial charge in [0.25, 0.3) is 5.91 Å². The highest BCUT2D eigenvalue weighted by molar-refractivity contribution is 5.98. The third kappa shape index (κ3) is 9.07. The zero-order valence-electron chi connectivity index (χ0n) is 24.3. The lowest BCUT2D eigenvalue weighted by Crippen LogP contribution is -2.44. The molecule has 224 valence electrons. The van der Waals surface area contributed by atoms with Crippen molar-refractivity contribution in [3.8, 4) is 17.2 Å². The number of nitrogens with zero attached hydrogens (tertiary/aromatic N) is 1. The maximum atomic E-state index is 13.3. The van der Waals surface area contributed by atoms with Crippen LogP contribution in [0.4, 0.5) is 0 Å². The van der Waals surface area contributed by atoms with Gasteiger partial charge in [-0.1, -0.05) is 25.5 Å². The topological polar surface area (TPSA) is 132 Å². The first-order valence-electron chi connectivity index (χ1n) is 13.8. The Morgan fingerprint density at radius 1 is 1.10 bits per heavy atom. The first kappa shape index (κ1) is 31.7. The summed E-state index contributed by atoms with van der Waals surface area (Å²) >= 11 is 0. The molecule has 1 aromatic carbocycles. The van der Waals surface area contributed by atoms with E-state index >= 15 is 0 Å². The van der Waals surface area contributed by atoms with E-state index in [1.54, 1.807) is 7.11 Å². The molecule has 1 aliphatic rings. The molecule has 0 spiro atoms. The van der Waals surface area contributed by atoms with Crippen molar-refractivity contribution >= 4 is 17.8 Å². The van der Waals surface area contributed by atoms with Crippen LogP contribution in [0.5, 0.6) is 17.2 Å². The van der Waals surface area contributed by atoms with E-state index in [0.717, 1.165) is 30.6 Å². The van der Waals surface area contributed by atoms with Crippen molar-refractivity contribution in [2.75, 3.05) is 27.6 Å². The van der Waals surface area contributed by atoms with Crippen molar-refractivity contribution in [1.29, 1.82) is 0 Å². The number of pyridine rings is 1. The Labute approximate surface area is 240 Å². The fraction of sp³-hybridized carbons (Fsp3) is 0.533. The Balaban J connectivity index is 1.78. The zero-order valence-corrected chi connectivity index (χ0v) is 24.3. The average molecular weight is 573 g/mol. The second-order valence-electron chi connectivity index (χ2n) is 9.84. The number of cyclic esters (lactones) is 1. The van der Waals surface area contributed by atoms with Crippen LogP contribution in [0.25, 0.3) is 0 Å². The summed E-state index contributed by atoms with van der Waals surface area (Å²) in [7, 11) is 3.04. The number of carbonyl (C=O) groups is 3. The number of benzene rings is 1. The lowest BCUT2D eigenvalue weighted by atomic mass is 9.86. The van der Waals surface area contributed by atoms with Crippen LogP contribution in [0.15, 0.2) is 36.5 Å². The van der Waals surface area contributed by atoms with Crippen molar-refractivity contribution in [2.24, 2.45) is 5.92 Å². The molecule has 11 nitrogen and oxygen atoms in total. The van der Waals surface area contributed by atoms with Gasteiger partial charge in [-0.15, -0.1) is 0 Å². The van der Waals surface area contributed by atoms with Crippen molar-refractivity contribution in [2.45, 2.75) is 71.1 Å². The minimum Gasteiger partial charge on any atom is -0.497 e. The van der Waals surface area contributed by atoms with E-state index in [-0.39, 0.29) is 29.2 Å². The molecule has 41 heavy (non-hydrogen) atoms. The first-order chi connectivity index (χ1) is 19.8. The lowest BCUT2D eigenvalue weighted by molar-refractivity contribution is -0.160. The van der Waals surface area contributed by atoms with Gasteiger partial charge in [0.15, 0.2) is 17.2 Å². The molecule has 3 rings (SSSR count). The van der Waals surface area contributed by atoms with E-state index in [1.807, 2.05) is 38.1 Å². The summed E-state index contributed by atoms with van der Waals surface area (Å²) in [5, 5.41) is 2.75. The van der Waals surface area contributed by atoms with Gasteiger partial charge < -0.3 is 33.7 Å². The van der Waals surface area contributed by atoms with E-state index in [4.69, 9.17) is 28.4 Å². The number of hydrogen-bond donors (Lipinski definition) is 1. The fourth-order valence-electron chi connectivity index (χ4n) is 4.81. The number of rotatable bonds is 12. The molecular formula is C30H40N2O9. The predicted octanol–water partition coefficient (Wildman–Crippen LogP) is 3.87. The molecule has 2 aromatic rings. The summed E-state index contributed by atoms with van der Waals surface area (Å²) in [6.45, 7) is 5.21.